The highest BCUT2D eigenvalue weighted by atomic mass is 16.4. The quantitative estimate of drug-likeness (QED) is 0.664. The van der Waals surface area contributed by atoms with Gasteiger partial charge in [0.05, 0.1) is 11.8 Å². The number of hydrogen-bond donors (Lipinski definition) is 1. The summed E-state index contributed by atoms with van der Waals surface area (Å²) in [6, 6.07) is 9.54. The Morgan fingerprint density at radius 1 is 1.32 bits per heavy atom. The topological polar surface area (TPSA) is 50.4 Å². The molecule has 0 unspecified atom stereocenters. The maximum Gasteiger partial charge on any atom is 0.335 e. The SMILES string of the molecule is C=C(/C=C\c1c(C)cccc1-c1ccco1)C(=O)O. The molecule has 96 valence electrons. The first-order valence-electron chi connectivity index (χ1n) is 5.83. The molecule has 1 aromatic carbocycles. The number of rotatable bonds is 4. The van der Waals surface area contributed by atoms with Gasteiger partial charge in [0.15, 0.2) is 0 Å². The fourth-order valence-electron chi connectivity index (χ4n) is 1.80. The molecule has 2 aromatic rings. The fourth-order valence-corrected chi connectivity index (χ4v) is 1.80. The Bertz CT molecular complexity index is 634. The fraction of sp³-hybridized carbons (Fsp3) is 0.0625. The highest BCUT2D eigenvalue weighted by Gasteiger charge is 2.08. The number of aliphatic carboxylic acids is 1. The van der Waals surface area contributed by atoms with Gasteiger partial charge in [-0.3, -0.25) is 0 Å². The van der Waals surface area contributed by atoms with Crippen molar-refractivity contribution >= 4 is 12.0 Å². The van der Waals surface area contributed by atoms with Gasteiger partial charge < -0.3 is 9.52 Å². The van der Waals surface area contributed by atoms with Gasteiger partial charge in [-0.15, -0.1) is 0 Å². The molecule has 0 atom stereocenters. The Labute approximate surface area is 111 Å². The van der Waals surface area contributed by atoms with Crippen molar-refractivity contribution in [3.63, 3.8) is 0 Å². The van der Waals surface area contributed by atoms with Crippen LogP contribution in [-0.2, 0) is 4.79 Å². The maximum atomic E-state index is 10.7. The predicted molar refractivity (Wildman–Crippen MR) is 74.7 cm³/mol. The summed E-state index contributed by atoms with van der Waals surface area (Å²) in [5.41, 5.74) is 2.95. The summed E-state index contributed by atoms with van der Waals surface area (Å²) < 4.78 is 5.40. The predicted octanol–water partition coefficient (Wildman–Crippen LogP) is 3.91. The van der Waals surface area contributed by atoms with Crippen LogP contribution in [-0.4, -0.2) is 11.1 Å². The lowest BCUT2D eigenvalue weighted by Crippen LogP contribution is -1.95. The van der Waals surface area contributed by atoms with Crippen molar-refractivity contribution in [1.29, 1.82) is 0 Å². The highest BCUT2D eigenvalue weighted by molar-refractivity contribution is 5.91. The van der Waals surface area contributed by atoms with Crippen LogP contribution in [0, 0.1) is 6.92 Å². The first-order valence-corrected chi connectivity index (χ1v) is 5.83. The van der Waals surface area contributed by atoms with Crippen LogP contribution < -0.4 is 0 Å². The van der Waals surface area contributed by atoms with Crippen LogP contribution in [0.4, 0.5) is 0 Å². The number of carboxylic acids is 1. The molecule has 0 saturated heterocycles. The number of furan rings is 1. The van der Waals surface area contributed by atoms with Gasteiger partial charge in [0, 0.05) is 5.56 Å². The summed E-state index contributed by atoms with van der Waals surface area (Å²) in [4.78, 5) is 10.7. The van der Waals surface area contributed by atoms with Gasteiger partial charge in [0.2, 0.25) is 0 Å². The monoisotopic (exact) mass is 254 g/mol. The Kier molecular flexibility index (Phi) is 3.66. The number of aryl methyl sites for hydroxylation is 1. The van der Waals surface area contributed by atoms with E-state index in [0.717, 1.165) is 22.5 Å². The summed E-state index contributed by atoms with van der Waals surface area (Å²) in [7, 11) is 0. The average Bonchev–Trinajstić information content (AvgIpc) is 2.90. The standard InChI is InChI=1S/C16H14O3/c1-11-5-3-6-14(15-7-4-10-19-15)13(11)9-8-12(2)16(17)18/h3-10H,2H2,1H3,(H,17,18)/b9-8-. The molecule has 19 heavy (non-hydrogen) atoms. The van der Waals surface area contributed by atoms with E-state index in [2.05, 4.69) is 6.58 Å². The highest BCUT2D eigenvalue weighted by Crippen LogP contribution is 2.27. The molecule has 0 fully saturated rings. The van der Waals surface area contributed by atoms with Crippen molar-refractivity contribution in [2.24, 2.45) is 0 Å². The smallest absolute Gasteiger partial charge is 0.335 e. The second-order valence-corrected chi connectivity index (χ2v) is 4.18. The third-order valence-corrected chi connectivity index (χ3v) is 2.84. The molecule has 2 rings (SSSR count). The number of hydrogen-bond acceptors (Lipinski definition) is 2. The third kappa shape index (κ3) is 2.83. The molecule has 3 heteroatoms. The van der Waals surface area contributed by atoms with E-state index in [4.69, 9.17) is 9.52 Å². The summed E-state index contributed by atoms with van der Waals surface area (Å²) in [6.45, 7) is 5.45. The molecular formula is C16H14O3. The molecule has 0 aliphatic heterocycles. The van der Waals surface area contributed by atoms with Gasteiger partial charge in [0.25, 0.3) is 0 Å². The second kappa shape index (κ2) is 5.40. The first-order chi connectivity index (χ1) is 9.09. The zero-order chi connectivity index (χ0) is 13.8. The van der Waals surface area contributed by atoms with Crippen LogP contribution in [0.15, 0.2) is 59.2 Å². The Morgan fingerprint density at radius 2 is 2.11 bits per heavy atom. The molecule has 1 heterocycles. The lowest BCUT2D eigenvalue weighted by molar-refractivity contribution is -0.132. The third-order valence-electron chi connectivity index (χ3n) is 2.84. The Balaban J connectivity index is 2.45. The molecular weight excluding hydrogens is 240 g/mol. The van der Waals surface area contributed by atoms with Crippen LogP contribution >= 0.6 is 0 Å². The minimum Gasteiger partial charge on any atom is -0.478 e. The van der Waals surface area contributed by atoms with Gasteiger partial charge >= 0.3 is 5.97 Å². The molecule has 1 aromatic heterocycles. The van der Waals surface area contributed by atoms with Gasteiger partial charge in [0.1, 0.15) is 5.76 Å². The molecule has 0 radical (unpaired) electrons. The van der Waals surface area contributed by atoms with Crippen molar-refractivity contribution in [2.75, 3.05) is 0 Å². The van der Waals surface area contributed by atoms with Crippen LogP contribution in [0.25, 0.3) is 17.4 Å². The van der Waals surface area contributed by atoms with Crippen LogP contribution in [0.5, 0.6) is 0 Å². The van der Waals surface area contributed by atoms with Crippen molar-refractivity contribution in [3.8, 4) is 11.3 Å². The Morgan fingerprint density at radius 3 is 2.74 bits per heavy atom. The minimum absolute atomic E-state index is 0.0497. The minimum atomic E-state index is -1.02. The molecule has 1 N–H and O–H groups in total. The normalized spacial score (nSPS) is 10.8. The van der Waals surface area contributed by atoms with Crippen LogP contribution in [0.1, 0.15) is 11.1 Å². The average molecular weight is 254 g/mol. The van der Waals surface area contributed by atoms with E-state index in [1.165, 1.54) is 6.08 Å². The van der Waals surface area contributed by atoms with Crippen molar-refractivity contribution in [1.82, 2.24) is 0 Å². The second-order valence-electron chi connectivity index (χ2n) is 4.18. The van der Waals surface area contributed by atoms with Crippen LogP contribution in [0.3, 0.4) is 0 Å². The van der Waals surface area contributed by atoms with E-state index in [1.807, 2.05) is 37.3 Å². The maximum absolute atomic E-state index is 10.7. The first kappa shape index (κ1) is 12.9. The number of carbonyl (C=O) groups is 1. The molecule has 0 saturated carbocycles. The summed E-state index contributed by atoms with van der Waals surface area (Å²) >= 11 is 0. The summed E-state index contributed by atoms with van der Waals surface area (Å²) in [6.07, 6.45) is 4.86. The summed E-state index contributed by atoms with van der Waals surface area (Å²) in [5, 5.41) is 8.81. The zero-order valence-electron chi connectivity index (χ0n) is 10.6. The largest absolute Gasteiger partial charge is 0.478 e. The molecule has 0 aliphatic carbocycles. The number of benzene rings is 1. The molecule has 0 aliphatic rings. The van der Waals surface area contributed by atoms with E-state index < -0.39 is 5.97 Å². The molecule has 0 spiro atoms. The molecule has 0 amide bonds. The van der Waals surface area contributed by atoms with E-state index in [0.29, 0.717) is 0 Å². The summed E-state index contributed by atoms with van der Waals surface area (Å²) in [5.74, 6) is -0.270. The van der Waals surface area contributed by atoms with Gasteiger partial charge in [-0.05, 0) is 36.3 Å². The lowest BCUT2D eigenvalue weighted by Gasteiger charge is -2.06. The zero-order valence-corrected chi connectivity index (χ0v) is 10.6. The molecule has 0 bridgehead atoms. The number of carboxylic acid groups (broad SMARTS) is 1. The lowest BCUT2D eigenvalue weighted by atomic mass is 9.99. The van der Waals surface area contributed by atoms with Gasteiger partial charge in [-0.25, -0.2) is 4.79 Å². The van der Waals surface area contributed by atoms with E-state index >= 15 is 0 Å². The van der Waals surface area contributed by atoms with Crippen LogP contribution in [0.2, 0.25) is 0 Å². The molecule has 3 nitrogen and oxygen atoms in total. The Hall–Kier alpha value is -2.55. The van der Waals surface area contributed by atoms with E-state index in [-0.39, 0.29) is 5.57 Å². The van der Waals surface area contributed by atoms with E-state index in [1.54, 1.807) is 12.3 Å². The van der Waals surface area contributed by atoms with Crippen molar-refractivity contribution in [2.45, 2.75) is 6.92 Å². The van der Waals surface area contributed by atoms with Gasteiger partial charge in [-0.2, -0.15) is 0 Å². The van der Waals surface area contributed by atoms with Crippen molar-refractivity contribution < 1.29 is 14.3 Å². The van der Waals surface area contributed by atoms with Gasteiger partial charge in [-0.1, -0.05) is 30.9 Å². The van der Waals surface area contributed by atoms with Crippen molar-refractivity contribution in [3.05, 3.63) is 65.9 Å². The van der Waals surface area contributed by atoms with E-state index in [9.17, 15) is 4.79 Å².